The molecule has 6 heteroatoms. The number of ketones is 1. The van der Waals surface area contributed by atoms with E-state index in [1.165, 1.54) is 13.3 Å². The van der Waals surface area contributed by atoms with Crippen molar-refractivity contribution in [1.29, 1.82) is 0 Å². The molecule has 1 aromatic carbocycles. The minimum absolute atomic E-state index is 0.0921. The van der Waals surface area contributed by atoms with E-state index in [2.05, 4.69) is 10.3 Å². The highest BCUT2D eigenvalue weighted by Crippen LogP contribution is 2.25. The van der Waals surface area contributed by atoms with Gasteiger partial charge in [0.2, 0.25) is 0 Å². The lowest BCUT2D eigenvalue weighted by Crippen LogP contribution is -2.27. The lowest BCUT2D eigenvalue weighted by Gasteiger charge is -2.20. The van der Waals surface area contributed by atoms with Crippen LogP contribution in [0.5, 0.6) is 5.75 Å². The van der Waals surface area contributed by atoms with E-state index in [9.17, 15) is 9.59 Å². The smallest absolute Gasteiger partial charge is 0.412 e. The van der Waals surface area contributed by atoms with Crippen molar-refractivity contribution in [3.8, 4) is 5.75 Å². The fourth-order valence-electron chi connectivity index (χ4n) is 2.17. The summed E-state index contributed by atoms with van der Waals surface area (Å²) in [5.74, 6) is 0.481. The number of rotatable bonds is 5. The van der Waals surface area contributed by atoms with Crippen molar-refractivity contribution in [3.05, 3.63) is 53.9 Å². The normalized spacial score (nSPS) is 10.9. The first-order chi connectivity index (χ1) is 11.8. The first kappa shape index (κ1) is 18.4. The maximum absolute atomic E-state index is 12.4. The molecule has 0 aliphatic carbocycles. The van der Waals surface area contributed by atoms with E-state index in [-0.39, 0.29) is 12.2 Å². The van der Waals surface area contributed by atoms with Crippen molar-refractivity contribution >= 4 is 17.6 Å². The molecule has 1 amide bonds. The van der Waals surface area contributed by atoms with Gasteiger partial charge in [-0.1, -0.05) is 6.07 Å². The van der Waals surface area contributed by atoms with Gasteiger partial charge in [-0.2, -0.15) is 0 Å². The number of hydrogen-bond acceptors (Lipinski definition) is 5. The van der Waals surface area contributed by atoms with E-state index in [0.29, 0.717) is 22.6 Å². The summed E-state index contributed by atoms with van der Waals surface area (Å²) in [6.45, 7) is 5.35. The minimum Gasteiger partial charge on any atom is -0.497 e. The van der Waals surface area contributed by atoms with Gasteiger partial charge in [0.05, 0.1) is 12.8 Å². The third-order valence-corrected chi connectivity index (χ3v) is 3.29. The summed E-state index contributed by atoms with van der Waals surface area (Å²) in [6, 6.07) is 8.57. The summed E-state index contributed by atoms with van der Waals surface area (Å²) in [5, 5.41) is 2.69. The Kier molecular flexibility index (Phi) is 5.75. The van der Waals surface area contributed by atoms with Crippen LogP contribution in [-0.4, -0.2) is 29.6 Å². The first-order valence-corrected chi connectivity index (χ1v) is 7.88. The molecule has 2 aromatic rings. The fourth-order valence-corrected chi connectivity index (χ4v) is 2.17. The molecule has 0 aliphatic heterocycles. The molecule has 0 atom stereocenters. The Morgan fingerprint density at radius 3 is 2.56 bits per heavy atom. The van der Waals surface area contributed by atoms with Crippen molar-refractivity contribution < 1.29 is 19.1 Å². The van der Waals surface area contributed by atoms with E-state index in [0.717, 1.165) is 0 Å². The average Bonchev–Trinajstić information content (AvgIpc) is 2.55. The standard InChI is InChI=1S/C19H22N2O4/c1-19(2,3)25-18(23)21-16-11-15(24-4)8-7-13(16)10-17(22)14-6-5-9-20-12-14/h5-9,11-12H,10H2,1-4H3,(H,21,23). The number of hydrogen-bond donors (Lipinski definition) is 1. The molecule has 0 saturated carbocycles. The van der Waals surface area contributed by atoms with Gasteiger partial charge in [-0.3, -0.25) is 15.1 Å². The van der Waals surface area contributed by atoms with Crippen LogP contribution in [0.25, 0.3) is 0 Å². The molecule has 1 heterocycles. The molecule has 0 spiro atoms. The number of benzene rings is 1. The summed E-state index contributed by atoms with van der Waals surface area (Å²) < 4.78 is 10.5. The molecule has 0 bridgehead atoms. The predicted molar refractivity (Wildman–Crippen MR) is 95.1 cm³/mol. The number of pyridine rings is 1. The van der Waals surface area contributed by atoms with Gasteiger partial charge in [0.15, 0.2) is 5.78 Å². The highest BCUT2D eigenvalue weighted by Gasteiger charge is 2.18. The van der Waals surface area contributed by atoms with Crippen LogP contribution < -0.4 is 10.1 Å². The maximum Gasteiger partial charge on any atom is 0.412 e. The molecule has 1 N–H and O–H groups in total. The van der Waals surface area contributed by atoms with Crippen molar-refractivity contribution in [2.24, 2.45) is 0 Å². The van der Waals surface area contributed by atoms with Crippen LogP contribution >= 0.6 is 0 Å². The van der Waals surface area contributed by atoms with Gasteiger partial charge in [-0.05, 0) is 44.5 Å². The lowest BCUT2D eigenvalue weighted by atomic mass is 10.0. The number of carbonyl (C=O) groups is 2. The molecule has 6 nitrogen and oxygen atoms in total. The Bertz CT molecular complexity index is 752. The SMILES string of the molecule is COc1ccc(CC(=O)c2cccnc2)c(NC(=O)OC(C)(C)C)c1. The highest BCUT2D eigenvalue weighted by atomic mass is 16.6. The van der Waals surface area contributed by atoms with Crippen LogP contribution in [0.3, 0.4) is 0 Å². The largest absolute Gasteiger partial charge is 0.497 e. The number of aromatic nitrogens is 1. The van der Waals surface area contributed by atoms with Gasteiger partial charge >= 0.3 is 6.09 Å². The number of nitrogens with zero attached hydrogens (tertiary/aromatic N) is 1. The van der Waals surface area contributed by atoms with Gasteiger partial charge in [0.1, 0.15) is 11.4 Å². The molecule has 0 fully saturated rings. The van der Waals surface area contributed by atoms with Crippen molar-refractivity contribution in [2.45, 2.75) is 32.8 Å². The van der Waals surface area contributed by atoms with E-state index < -0.39 is 11.7 Å². The van der Waals surface area contributed by atoms with Crippen LogP contribution in [0.2, 0.25) is 0 Å². The minimum atomic E-state index is -0.616. The van der Waals surface area contributed by atoms with Crippen molar-refractivity contribution in [1.82, 2.24) is 4.98 Å². The zero-order valence-corrected chi connectivity index (χ0v) is 14.8. The zero-order valence-electron chi connectivity index (χ0n) is 14.8. The number of methoxy groups -OCH3 is 1. The molecule has 0 unspecified atom stereocenters. The average molecular weight is 342 g/mol. The summed E-state index contributed by atoms with van der Waals surface area (Å²) in [6.07, 6.45) is 2.67. The zero-order chi connectivity index (χ0) is 18.4. The number of Topliss-reactive ketones (excluding diaryl/α,β-unsaturated/α-hetero) is 1. The molecule has 2 rings (SSSR count). The molecule has 1 aromatic heterocycles. The van der Waals surface area contributed by atoms with E-state index in [1.807, 2.05) is 0 Å². The number of ether oxygens (including phenoxy) is 2. The van der Waals surface area contributed by atoms with E-state index in [4.69, 9.17) is 9.47 Å². The number of carbonyl (C=O) groups excluding carboxylic acids is 2. The summed E-state index contributed by atoms with van der Waals surface area (Å²) in [4.78, 5) is 28.4. The van der Waals surface area contributed by atoms with Crippen LogP contribution in [0, 0.1) is 0 Å². The van der Waals surface area contributed by atoms with Gasteiger partial charge in [0, 0.05) is 30.4 Å². The quantitative estimate of drug-likeness (QED) is 0.835. The molecule has 0 saturated heterocycles. The van der Waals surface area contributed by atoms with Crippen LogP contribution in [0.15, 0.2) is 42.7 Å². The number of anilines is 1. The van der Waals surface area contributed by atoms with Crippen molar-refractivity contribution in [3.63, 3.8) is 0 Å². The molecular weight excluding hydrogens is 320 g/mol. The third kappa shape index (κ3) is 5.60. The summed E-state index contributed by atoms with van der Waals surface area (Å²) in [7, 11) is 1.53. The molecule has 0 aliphatic rings. The van der Waals surface area contributed by atoms with Gasteiger partial charge in [0.25, 0.3) is 0 Å². The second-order valence-corrected chi connectivity index (χ2v) is 6.49. The second-order valence-electron chi connectivity index (χ2n) is 6.49. The topological polar surface area (TPSA) is 77.5 Å². The van der Waals surface area contributed by atoms with Gasteiger partial charge < -0.3 is 9.47 Å². The summed E-state index contributed by atoms with van der Waals surface area (Å²) in [5.41, 5.74) is 1.04. The Morgan fingerprint density at radius 1 is 1.20 bits per heavy atom. The van der Waals surface area contributed by atoms with Gasteiger partial charge in [-0.15, -0.1) is 0 Å². The Hall–Kier alpha value is -2.89. The molecule has 132 valence electrons. The fraction of sp³-hybridized carbons (Fsp3) is 0.316. The van der Waals surface area contributed by atoms with Crippen LogP contribution in [0.1, 0.15) is 36.7 Å². The molecule has 25 heavy (non-hydrogen) atoms. The second kappa shape index (κ2) is 7.79. The number of amides is 1. The van der Waals surface area contributed by atoms with Gasteiger partial charge in [-0.25, -0.2) is 4.79 Å². The monoisotopic (exact) mass is 342 g/mol. The third-order valence-electron chi connectivity index (χ3n) is 3.29. The summed E-state index contributed by atoms with van der Waals surface area (Å²) >= 11 is 0. The Balaban J connectivity index is 2.22. The highest BCUT2D eigenvalue weighted by molar-refractivity contribution is 5.98. The number of nitrogens with one attached hydrogen (secondary N) is 1. The Morgan fingerprint density at radius 2 is 1.96 bits per heavy atom. The maximum atomic E-state index is 12.4. The lowest BCUT2D eigenvalue weighted by molar-refractivity contribution is 0.0635. The van der Waals surface area contributed by atoms with Crippen LogP contribution in [0.4, 0.5) is 10.5 Å². The molecule has 0 radical (unpaired) electrons. The van der Waals surface area contributed by atoms with E-state index >= 15 is 0 Å². The first-order valence-electron chi connectivity index (χ1n) is 7.88. The van der Waals surface area contributed by atoms with Crippen molar-refractivity contribution in [2.75, 3.05) is 12.4 Å². The van der Waals surface area contributed by atoms with Crippen LogP contribution in [-0.2, 0) is 11.2 Å². The van der Waals surface area contributed by atoms with E-state index in [1.54, 1.807) is 57.3 Å². The Labute approximate surface area is 147 Å². The predicted octanol–water partition coefficient (Wildman–Crippen LogP) is 3.86. The molecular formula is C19H22N2O4.